The highest BCUT2D eigenvalue weighted by Gasteiger charge is 2.23. The zero-order valence-electron chi connectivity index (χ0n) is 11.9. The number of Topliss-reactive ketones (excluding diaryl/α,β-unsaturated/α-hetero) is 1. The lowest BCUT2D eigenvalue weighted by molar-refractivity contribution is 0.0698. The lowest BCUT2D eigenvalue weighted by atomic mass is 10.0. The molecule has 5 heteroatoms. The number of rotatable bonds is 3. The minimum Gasteiger partial charge on any atom is -0.337 e. The van der Waals surface area contributed by atoms with Crippen molar-refractivity contribution < 1.29 is 9.59 Å². The molecule has 1 heterocycles. The van der Waals surface area contributed by atoms with Gasteiger partial charge in [0.25, 0.3) is 5.91 Å². The Labute approximate surface area is 125 Å². The monoisotopic (exact) mass is 296 g/mol. The summed E-state index contributed by atoms with van der Waals surface area (Å²) in [6, 6.07) is 7.29. The molecule has 0 bridgehead atoms. The SMILES string of the molecule is CNC1CCCN(C(=O)c2ccc(C(C)=O)cc2)C1.Cl. The van der Waals surface area contributed by atoms with Gasteiger partial charge < -0.3 is 10.2 Å². The van der Waals surface area contributed by atoms with Gasteiger partial charge in [-0.25, -0.2) is 0 Å². The van der Waals surface area contributed by atoms with Crippen LogP contribution in [0.1, 0.15) is 40.5 Å². The summed E-state index contributed by atoms with van der Waals surface area (Å²) in [5.41, 5.74) is 1.30. The fourth-order valence-electron chi connectivity index (χ4n) is 2.43. The summed E-state index contributed by atoms with van der Waals surface area (Å²) >= 11 is 0. The van der Waals surface area contributed by atoms with Gasteiger partial charge in [0.05, 0.1) is 0 Å². The number of hydrogen-bond acceptors (Lipinski definition) is 3. The zero-order chi connectivity index (χ0) is 13.8. The Kier molecular flexibility index (Phi) is 6.17. The number of halogens is 1. The average Bonchev–Trinajstić information content (AvgIpc) is 2.46. The van der Waals surface area contributed by atoms with Gasteiger partial charge in [-0.1, -0.05) is 12.1 Å². The third-order valence-electron chi connectivity index (χ3n) is 3.66. The number of benzene rings is 1. The van der Waals surface area contributed by atoms with E-state index in [1.54, 1.807) is 24.3 Å². The van der Waals surface area contributed by atoms with Crippen molar-refractivity contribution in [3.05, 3.63) is 35.4 Å². The number of nitrogens with zero attached hydrogens (tertiary/aromatic N) is 1. The number of carbonyl (C=O) groups excluding carboxylic acids is 2. The summed E-state index contributed by atoms with van der Waals surface area (Å²) in [5, 5.41) is 3.23. The van der Waals surface area contributed by atoms with Crippen LogP contribution in [0.5, 0.6) is 0 Å². The van der Waals surface area contributed by atoms with Gasteiger partial charge in [-0.2, -0.15) is 0 Å². The smallest absolute Gasteiger partial charge is 0.253 e. The molecule has 0 aliphatic carbocycles. The first-order valence-electron chi connectivity index (χ1n) is 6.69. The number of nitrogens with one attached hydrogen (secondary N) is 1. The fraction of sp³-hybridized carbons (Fsp3) is 0.467. The third-order valence-corrected chi connectivity index (χ3v) is 3.66. The molecule has 1 amide bonds. The van der Waals surface area contributed by atoms with Crippen LogP contribution < -0.4 is 5.32 Å². The van der Waals surface area contributed by atoms with Crippen LogP contribution >= 0.6 is 12.4 Å². The first kappa shape index (κ1) is 16.7. The van der Waals surface area contributed by atoms with Gasteiger partial charge in [-0.3, -0.25) is 9.59 Å². The van der Waals surface area contributed by atoms with Gasteiger partial charge in [-0.15, -0.1) is 12.4 Å². The molecule has 1 N–H and O–H groups in total. The molecule has 1 aliphatic heterocycles. The number of piperidine rings is 1. The quantitative estimate of drug-likeness (QED) is 0.870. The highest BCUT2D eigenvalue weighted by Crippen LogP contribution is 2.14. The molecule has 0 spiro atoms. The Bertz CT molecular complexity index is 473. The van der Waals surface area contributed by atoms with Crippen molar-refractivity contribution in [2.45, 2.75) is 25.8 Å². The third kappa shape index (κ3) is 3.81. The van der Waals surface area contributed by atoms with Crippen molar-refractivity contribution in [2.75, 3.05) is 20.1 Å². The molecule has 1 unspecified atom stereocenters. The lowest BCUT2D eigenvalue weighted by Gasteiger charge is -2.32. The average molecular weight is 297 g/mol. The number of hydrogen-bond donors (Lipinski definition) is 1. The predicted molar refractivity (Wildman–Crippen MR) is 81.7 cm³/mol. The molecular weight excluding hydrogens is 276 g/mol. The maximum atomic E-state index is 12.4. The fourth-order valence-corrected chi connectivity index (χ4v) is 2.43. The molecule has 1 aromatic carbocycles. The van der Waals surface area contributed by atoms with E-state index < -0.39 is 0 Å². The first-order chi connectivity index (χ1) is 9.11. The Hall–Kier alpha value is -1.39. The second kappa shape index (κ2) is 7.41. The van der Waals surface area contributed by atoms with Crippen LogP contribution in [0.4, 0.5) is 0 Å². The number of ketones is 1. The molecule has 1 saturated heterocycles. The molecule has 0 radical (unpaired) electrons. The molecule has 2 rings (SSSR count). The van der Waals surface area contributed by atoms with Crippen molar-refractivity contribution >= 4 is 24.1 Å². The maximum Gasteiger partial charge on any atom is 0.253 e. The highest BCUT2D eigenvalue weighted by atomic mass is 35.5. The molecule has 1 atom stereocenters. The summed E-state index contributed by atoms with van der Waals surface area (Å²) in [4.78, 5) is 25.4. The van der Waals surface area contributed by atoms with Gasteiger partial charge >= 0.3 is 0 Å². The maximum absolute atomic E-state index is 12.4. The number of likely N-dealkylation sites (N-methyl/N-ethyl adjacent to an activating group) is 1. The van der Waals surface area contributed by atoms with E-state index in [1.807, 2.05) is 11.9 Å². The van der Waals surface area contributed by atoms with Crippen LogP contribution in [0.15, 0.2) is 24.3 Å². The topological polar surface area (TPSA) is 49.4 Å². The predicted octanol–water partition coefficient (Wildman–Crippen LogP) is 2.14. The molecule has 0 aromatic heterocycles. The van der Waals surface area contributed by atoms with E-state index in [0.717, 1.165) is 25.9 Å². The summed E-state index contributed by atoms with van der Waals surface area (Å²) in [7, 11) is 1.93. The van der Waals surface area contributed by atoms with Crippen molar-refractivity contribution in [2.24, 2.45) is 0 Å². The van der Waals surface area contributed by atoms with E-state index in [4.69, 9.17) is 0 Å². The van der Waals surface area contributed by atoms with Crippen molar-refractivity contribution in [3.8, 4) is 0 Å². The van der Waals surface area contributed by atoms with Crippen LogP contribution in [-0.4, -0.2) is 42.8 Å². The first-order valence-corrected chi connectivity index (χ1v) is 6.69. The number of likely N-dealkylation sites (tertiary alicyclic amines) is 1. The summed E-state index contributed by atoms with van der Waals surface area (Å²) in [6.07, 6.45) is 2.15. The molecular formula is C15H21ClN2O2. The van der Waals surface area contributed by atoms with Crippen LogP contribution in [0.25, 0.3) is 0 Å². The molecule has 20 heavy (non-hydrogen) atoms. The van der Waals surface area contributed by atoms with E-state index in [0.29, 0.717) is 17.2 Å². The summed E-state index contributed by atoms with van der Waals surface area (Å²) in [6.45, 7) is 3.09. The van der Waals surface area contributed by atoms with Crippen LogP contribution in [0.3, 0.4) is 0 Å². The minimum absolute atomic E-state index is 0. The van der Waals surface area contributed by atoms with E-state index in [2.05, 4.69) is 5.32 Å². The molecule has 1 aliphatic rings. The van der Waals surface area contributed by atoms with E-state index in [-0.39, 0.29) is 24.1 Å². The van der Waals surface area contributed by atoms with E-state index in [1.165, 1.54) is 6.92 Å². The Balaban J connectivity index is 0.00000200. The standard InChI is InChI=1S/C15H20N2O2.ClH/c1-11(18)12-5-7-13(8-6-12)15(19)17-9-3-4-14(10-17)16-2;/h5-8,14,16H,3-4,9-10H2,1-2H3;1H. The largest absolute Gasteiger partial charge is 0.337 e. The van der Waals surface area contributed by atoms with Gasteiger partial charge in [0.15, 0.2) is 5.78 Å². The van der Waals surface area contributed by atoms with Crippen molar-refractivity contribution in [1.82, 2.24) is 10.2 Å². The molecule has 1 fully saturated rings. The summed E-state index contributed by atoms with van der Waals surface area (Å²) < 4.78 is 0. The van der Waals surface area contributed by atoms with Crippen LogP contribution in [0.2, 0.25) is 0 Å². The Morgan fingerprint density at radius 1 is 1.20 bits per heavy atom. The highest BCUT2D eigenvalue weighted by molar-refractivity contribution is 5.97. The van der Waals surface area contributed by atoms with E-state index in [9.17, 15) is 9.59 Å². The normalized spacial score (nSPS) is 18.3. The van der Waals surface area contributed by atoms with Gasteiger partial charge in [0.2, 0.25) is 0 Å². The zero-order valence-corrected chi connectivity index (χ0v) is 12.7. The molecule has 0 saturated carbocycles. The molecule has 1 aromatic rings. The van der Waals surface area contributed by atoms with Crippen LogP contribution in [-0.2, 0) is 0 Å². The second-order valence-electron chi connectivity index (χ2n) is 5.01. The number of carbonyl (C=O) groups is 2. The van der Waals surface area contributed by atoms with Crippen molar-refractivity contribution in [1.29, 1.82) is 0 Å². The second-order valence-corrected chi connectivity index (χ2v) is 5.01. The Morgan fingerprint density at radius 3 is 2.35 bits per heavy atom. The van der Waals surface area contributed by atoms with Crippen LogP contribution in [0, 0.1) is 0 Å². The number of amides is 1. The van der Waals surface area contributed by atoms with E-state index >= 15 is 0 Å². The Morgan fingerprint density at radius 2 is 1.80 bits per heavy atom. The van der Waals surface area contributed by atoms with Gasteiger partial charge in [-0.05, 0) is 38.9 Å². The molecule has 110 valence electrons. The van der Waals surface area contributed by atoms with Gasteiger partial charge in [0, 0.05) is 30.3 Å². The molecule has 4 nitrogen and oxygen atoms in total. The lowest BCUT2D eigenvalue weighted by Crippen LogP contribution is -2.46. The van der Waals surface area contributed by atoms with Gasteiger partial charge in [0.1, 0.15) is 0 Å². The van der Waals surface area contributed by atoms with Crippen molar-refractivity contribution in [3.63, 3.8) is 0 Å². The summed E-state index contributed by atoms with van der Waals surface area (Å²) in [5.74, 6) is 0.0715. The minimum atomic E-state index is 0.